The van der Waals surface area contributed by atoms with E-state index in [-0.39, 0.29) is 18.8 Å². The van der Waals surface area contributed by atoms with E-state index in [1.165, 1.54) is 4.31 Å². The second-order valence-corrected chi connectivity index (χ2v) is 7.98. The van der Waals surface area contributed by atoms with Crippen molar-refractivity contribution in [2.75, 3.05) is 46.1 Å². The predicted octanol–water partition coefficient (Wildman–Crippen LogP) is 0.980. The maximum absolute atomic E-state index is 12.2. The van der Waals surface area contributed by atoms with E-state index < -0.39 is 10.0 Å². The summed E-state index contributed by atoms with van der Waals surface area (Å²) in [7, 11) is 0.489. The summed E-state index contributed by atoms with van der Waals surface area (Å²) in [6.45, 7) is 2.55. The Bertz CT molecular complexity index is 579. The monoisotopic (exact) mass is 358 g/mol. The molecule has 0 amide bonds. The van der Waals surface area contributed by atoms with Crippen LogP contribution in [-0.2, 0) is 14.8 Å². The lowest BCUT2D eigenvalue weighted by Gasteiger charge is -2.21. The highest BCUT2D eigenvalue weighted by atomic mass is 32.2. The van der Waals surface area contributed by atoms with Crippen LogP contribution in [0.1, 0.15) is 6.42 Å². The zero-order valence-electron chi connectivity index (χ0n) is 14.2. The summed E-state index contributed by atoms with van der Waals surface area (Å²) in [6, 6.07) is 9.28. The minimum Gasteiger partial charge on any atom is -0.492 e. The number of hydrogen-bond acceptors (Lipinski definition) is 5. The molecule has 1 heterocycles. The van der Waals surface area contributed by atoms with E-state index in [9.17, 15) is 8.42 Å². The van der Waals surface area contributed by atoms with Crippen LogP contribution in [-0.4, -0.2) is 75.3 Å². The molecule has 1 fully saturated rings. The van der Waals surface area contributed by atoms with Gasteiger partial charge in [-0.3, -0.25) is 4.79 Å². The molecule has 0 saturated carbocycles. The summed E-state index contributed by atoms with van der Waals surface area (Å²) in [5, 5.41) is 6.89. The van der Waals surface area contributed by atoms with Crippen molar-refractivity contribution in [3.63, 3.8) is 0 Å². The normalized spacial score (nSPS) is 18.0. The molecule has 1 aromatic carbocycles. The second-order valence-electron chi connectivity index (χ2n) is 5.78. The van der Waals surface area contributed by atoms with Crippen LogP contribution in [0.3, 0.4) is 0 Å². The maximum Gasteiger partial charge on any atom is 0.290 e. The third-order valence-corrected chi connectivity index (χ3v) is 5.61. The fourth-order valence-electron chi connectivity index (χ4n) is 2.59. The summed E-state index contributed by atoms with van der Waals surface area (Å²) >= 11 is 0. The van der Waals surface area contributed by atoms with Gasteiger partial charge in [0.15, 0.2) is 0 Å². The first kappa shape index (κ1) is 20.4. The lowest BCUT2D eigenvalue weighted by atomic mass is 10.1. The minimum absolute atomic E-state index is 0.0148. The van der Waals surface area contributed by atoms with Crippen LogP contribution >= 0.6 is 0 Å². The molecule has 1 N–H and O–H groups in total. The zero-order chi connectivity index (χ0) is 18.0. The van der Waals surface area contributed by atoms with Gasteiger partial charge in [-0.2, -0.15) is 0 Å². The van der Waals surface area contributed by atoms with Gasteiger partial charge in [0.05, 0.1) is 5.75 Å². The van der Waals surface area contributed by atoms with Gasteiger partial charge in [-0.25, -0.2) is 12.7 Å². The molecular formula is C16H26N2O5S. The first-order chi connectivity index (χ1) is 11.4. The van der Waals surface area contributed by atoms with Crippen LogP contribution in [0.5, 0.6) is 5.75 Å². The number of rotatable bonds is 7. The average molecular weight is 358 g/mol. The van der Waals surface area contributed by atoms with E-state index in [0.717, 1.165) is 19.5 Å². The Labute approximate surface area is 143 Å². The molecule has 2 rings (SSSR count). The van der Waals surface area contributed by atoms with Crippen LogP contribution in [0.15, 0.2) is 30.3 Å². The van der Waals surface area contributed by atoms with Crippen molar-refractivity contribution in [1.82, 2.24) is 9.21 Å². The van der Waals surface area contributed by atoms with Crippen LogP contribution in [0.4, 0.5) is 0 Å². The van der Waals surface area contributed by atoms with Gasteiger partial charge >= 0.3 is 0 Å². The fourth-order valence-corrected chi connectivity index (χ4v) is 3.63. The van der Waals surface area contributed by atoms with E-state index >= 15 is 0 Å². The van der Waals surface area contributed by atoms with Gasteiger partial charge in [0.2, 0.25) is 10.0 Å². The molecule has 0 bridgehead atoms. The van der Waals surface area contributed by atoms with Gasteiger partial charge in [0.1, 0.15) is 12.4 Å². The topological polar surface area (TPSA) is 87.2 Å². The van der Waals surface area contributed by atoms with Crippen LogP contribution < -0.4 is 4.74 Å². The molecule has 0 radical (unpaired) electrons. The molecule has 1 aromatic rings. The number of nitrogens with zero attached hydrogens (tertiary/aromatic N) is 2. The van der Waals surface area contributed by atoms with Gasteiger partial charge in [-0.15, -0.1) is 0 Å². The molecule has 0 spiro atoms. The Morgan fingerprint density at radius 1 is 1.38 bits per heavy atom. The van der Waals surface area contributed by atoms with E-state index in [1.54, 1.807) is 7.05 Å². The van der Waals surface area contributed by atoms with Crippen molar-refractivity contribution in [2.24, 2.45) is 5.92 Å². The average Bonchev–Trinajstić information content (AvgIpc) is 2.94. The maximum atomic E-state index is 12.2. The zero-order valence-corrected chi connectivity index (χ0v) is 15.0. The highest BCUT2D eigenvalue weighted by Gasteiger charge is 2.25. The fraction of sp³-hybridized carbons (Fsp3) is 0.562. The summed E-state index contributed by atoms with van der Waals surface area (Å²) < 4.78 is 31.4. The summed E-state index contributed by atoms with van der Waals surface area (Å²) in [4.78, 5) is 10.6. The van der Waals surface area contributed by atoms with Crippen LogP contribution in [0, 0.1) is 5.92 Å². The molecule has 24 heavy (non-hydrogen) atoms. The molecule has 8 heteroatoms. The Morgan fingerprint density at radius 3 is 2.54 bits per heavy atom. The number of hydrogen-bond donors (Lipinski definition) is 1. The largest absolute Gasteiger partial charge is 0.492 e. The van der Waals surface area contributed by atoms with E-state index in [1.807, 2.05) is 30.3 Å². The molecule has 7 nitrogen and oxygen atoms in total. The molecule has 1 unspecified atom stereocenters. The van der Waals surface area contributed by atoms with Crippen LogP contribution in [0.25, 0.3) is 0 Å². The van der Waals surface area contributed by atoms with Gasteiger partial charge in [0, 0.05) is 20.1 Å². The highest BCUT2D eigenvalue weighted by Crippen LogP contribution is 2.16. The Morgan fingerprint density at radius 2 is 2.00 bits per heavy atom. The molecule has 0 aromatic heterocycles. The SMILES string of the molecule is CN1CCC(CN(C)S(=O)(=O)CCOc2ccccc2)C1.O=CO. The molecule has 1 aliphatic rings. The molecule has 1 aliphatic heterocycles. The van der Waals surface area contributed by atoms with Gasteiger partial charge in [0.25, 0.3) is 6.47 Å². The third-order valence-electron chi connectivity index (χ3n) is 3.83. The standard InChI is InChI=1S/C15H24N2O3S.CH2O2/c1-16-9-8-14(12-16)13-17(2)21(18,19)11-10-20-15-6-4-3-5-7-15;2-1-3/h3-7,14H,8-13H2,1-2H3;1H,(H,2,3). The third kappa shape index (κ3) is 7.29. The summed E-state index contributed by atoms with van der Waals surface area (Å²) in [5.74, 6) is 1.15. The van der Waals surface area contributed by atoms with Gasteiger partial charge in [-0.05, 0) is 38.1 Å². The van der Waals surface area contributed by atoms with Crippen molar-refractivity contribution in [3.8, 4) is 5.75 Å². The molecule has 1 atom stereocenters. The van der Waals surface area contributed by atoms with Crippen molar-refractivity contribution >= 4 is 16.5 Å². The van der Waals surface area contributed by atoms with E-state index in [0.29, 0.717) is 18.2 Å². The Balaban J connectivity index is 0.000000891. The van der Waals surface area contributed by atoms with Crippen LogP contribution in [0.2, 0.25) is 0 Å². The first-order valence-corrected chi connectivity index (χ1v) is 9.38. The highest BCUT2D eigenvalue weighted by molar-refractivity contribution is 7.89. The number of benzene rings is 1. The number of carbonyl (C=O) groups is 1. The predicted molar refractivity (Wildman–Crippen MR) is 92.7 cm³/mol. The lowest BCUT2D eigenvalue weighted by Crippen LogP contribution is -2.35. The quantitative estimate of drug-likeness (QED) is 0.731. The lowest BCUT2D eigenvalue weighted by molar-refractivity contribution is -0.122. The van der Waals surface area contributed by atoms with E-state index in [4.69, 9.17) is 14.6 Å². The van der Waals surface area contributed by atoms with Crippen molar-refractivity contribution in [3.05, 3.63) is 30.3 Å². The number of sulfonamides is 1. The molecular weight excluding hydrogens is 332 g/mol. The summed E-state index contributed by atoms with van der Waals surface area (Å²) in [5.41, 5.74) is 0. The Kier molecular flexibility index (Phi) is 8.73. The second kappa shape index (κ2) is 10.3. The van der Waals surface area contributed by atoms with Crippen molar-refractivity contribution in [2.45, 2.75) is 6.42 Å². The minimum atomic E-state index is -3.25. The smallest absolute Gasteiger partial charge is 0.290 e. The first-order valence-electron chi connectivity index (χ1n) is 7.77. The van der Waals surface area contributed by atoms with Crippen molar-refractivity contribution in [1.29, 1.82) is 0 Å². The van der Waals surface area contributed by atoms with Gasteiger partial charge in [-0.1, -0.05) is 18.2 Å². The number of likely N-dealkylation sites (tertiary alicyclic amines) is 1. The molecule has 136 valence electrons. The van der Waals surface area contributed by atoms with Crippen molar-refractivity contribution < 1.29 is 23.1 Å². The molecule has 0 aliphatic carbocycles. The Hall–Kier alpha value is -1.64. The van der Waals surface area contributed by atoms with E-state index in [2.05, 4.69) is 11.9 Å². The number of carboxylic acid groups (broad SMARTS) is 1. The molecule has 1 saturated heterocycles. The summed E-state index contributed by atoms with van der Waals surface area (Å²) in [6.07, 6.45) is 1.07. The number of ether oxygens (including phenoxy) is 1. The number of para-hydroxylation sites is 1. The van der Waals surface area contributed by atoms with Gasteiger partial charge < -0.3 is 14.7 Å².